The molecule has 1 unspecified atom stereocenters. The van der Waals surface area contributed by atoms with Gasteiger partial charge in [0.2, 0.25) is 5.91 Å². The number of benzene rings is 1. The minimum absolute atomic E-state index is 0. The van der Waals surface area contributed by atoms with E-state index in [2.05, 4.69) is 16.3 Å². The van der Waals surface area contributed by atoms with E-state index in [0.29, 0.717) is 16.9 Å². The number of nitrogens with one attached hydrogen (secondary N) is 1. The van der Waals surface area contributed by atoms with Crippen LogP contribution in [0, 0.1) is 23.2 Å². The summed E-state index contributed by atoms with van der Waals surface area (Å²) in [6.07, 6.45) is 9.43. The summed E-state index contributed by atoms with van der Waals surface area (Å²) in [6.45, 7) is 7.03. The average Bonchev–Trinajstić information content (AvgIpc) is 2.85. The molecule has 6 nitrogen and oxygen atoms in total. The van der Waals surface area contributed by atoms with E-state index in [1.807, 2.05) is 32.0 Å². The maximum atomic E-state index is 13.3. The van der Waals surface area contributed by atoms with Crippen molar-refractivity contribution in [2.24, 2.45) is 23.2 Å². The van der Waals surface area contributed by atoms with Gasteiger partial charge in [-0.05, 0) is 62.1 Å². The van der Waals surface area contributed by atoms with E-state index in [4.69, 9.17) is 4.74 Å². The van der Waals surface area contributed by atoms with Crippen molar-refractivity contribution in [2.45, 2.75) is 83.6 Å². The molecule has 198 valence electrons. The predicted octanol–water partition coefficient (Wildman–Crippen LogP) is 4.97. The van der Waals surface area contributed by atoms with E-state index in [-0.39, 0.29) is 36.8 Å². The molecule has 2 amide bonds. The highest BCUT2D eigenvalue weighted by atomic mass is 16.5. The quantitative estimate of drug-likeness (QED) is 0.578. The number of hydrogen-bond acceptors (Lipinski definition) is 4. The molecule has 0 bridgehead atoms. The van der Waals surface area contributed by atoms with Gasteiger partial charge in [-0.15, -0.1) is 0 Å². The zero-order valence-electron chi connectivity index (χ0n) is 22.0. The Balaban J connectivity index is 0.00000320. The summed E-state index contributed by atoms with van der Waals surface area (Å²) < 4.78 is 5.37. The SMILES string of the molecule is CC(C)C(=O)[C@H](NC(=O)c1cccc(C2CCCN(C(=O)C3CC4(COC4)C3)C2)c1)C1CCCCC1.[HH]. The van der Waals surface area contributed by atoms with Gasteiger partial charge in [0, 0.05) is 43.2 Å². The number of nitrogens with zero attached hydrogens (tertiary/aromatic N) is 1. The standard InChI is InChI=1S/C30H42N2O4.H2/c1-20(2)27(33)26(21-8-4-3-5-9-21)31-28(34)23-11-6-10-22(14-23)24-12-7-13-32(17-24)29(35)25-15-30(16-25)18-36-19-30;/h6,10-11,14,20-21,24-26H,3-5,7-9,12-13,15-19H2,1-2H3,(H,31,34);1H/t24?,26-;/m1./s1. The molecule has 1 aromatic carbocycles. The first-order valence-electron chi connectivity index (χ1n) is 14.2. The maximum absolute atomic E-state index is 13.3. The molecule has 4 fully saturated rings. The summed E-state index contributed by atoms with van der Waals surface area (Å²) >= 11 is 0. The molecule has 1 aromatic rings. The van der Waals surface area contributed by atoms with Gasteiger partial charge in [0.25, 0.3) is 5.91 Å². The fourth-order valence-electron chi connectivity index (χ4n) is 6.90. The van der Waals surface area contributed by atoms with Crippen LogP contribution in [-0.4, -0.2) is 54.8 Å². The van der Waals surface area contributed by atoms with Crippen molar-refractivity contribution in [2.75, 3.05) is 26.3 Å². The normalized spacial score (nSPS) is 25.2. The Morgan fingerprint density at radius 2 is 1.81 bits per heavy atom. The largest absolute Gasteiger partial charge is 0.380 e. The smallest absolute Gasteiger partial charge is 0.251 e. The molecule has 1 spiro atoms. The molecule has 2 atom stereocenters. The number of Topliss-reactive ketones (excluding diaryl/α,β-unsaturated/α-hetero) is 1. The topological polar surface area (TPSA) is 75.7 Å². The minimum Gasteiger partial charge on any atom is -0.380 e. The summed E-state index contributed by atoms with van der Waals surface area (Å²) in [4.78, 5) is 41.5. The van der Waals surface area contributed by atoms with Gasteiger partial charge in [-0.3, -0.25) is 14.4 Å². The maximum Gasteiger partial charge on any atom is 0.251 e. The summed E-state index contributed by atoms with van der Waals surface area (Å²) in [5, 5.41) is 3.13. The van der Waals surface area contributed by atoms with E-state index in [0.717, 1.165) is 83.2 Å². The molecule has 1 N–H and O–H groups in total. The molecule has 0 aromatic heterocycles. The number of rotatable bonds is 7. The molecule has 4 aliphatic rings. The summed E-state index contributed by atoms with van der Waals surface area (Å²) in [7, 11) is 0. The molecule has 5 rings (SSSR count). The zero-order valence-corrected chi connectivity index (χ0v) is 22.0. The molecule has 2 saturated carbocycles. The number of amides is 2. The number of ketones is 1. The van der Waals surface area contributed by atoms with Crippen LogP contribution < -0.4 is 5.32 Å². The van der Waals surface area contributed by atoms with Crippen LogP contribution in [0.3, 0.4) is 0 Å². The third-order valence-corrected chi connectivity index (χ3v) is 9.16. The number of hydrogen-bond donors (Lipinski definition) is 1. The number of carbonyl (C=O) groups is 3. The first-order chi connectivity index (χ1) is 17.3. The Labute approximate surface area is 217 Å². The highest BCUT2D eigenvalue weighted by Gasteiger charge is 2.53. The number of ether oxygens (including phenoxy) is 1. The monoisotopic (exact) mass is 496 g/mol. The van der Waals surface area contributed by atoms with E-state index >= 15 is 0 Å². The van der Waals surface area contributed by atoms with Gasteiger partial charge in [0.15, 0.2) is 5.78 Å². The van der Waals surface area contributed by atoms with Crippen LogP contribution in [-0.2, 0) is 14.3 Å². The Kier molecular flexibility index (Phi) is 7.52. The van der Waals surface area contributed by atoms with E-state index in [9.17, 15) is 14.4 Å². The van der Waals surface area contributed by atoms with Crippen molar-refractivity contribution in [3.63, 3.8) is 0 Å². The second-order valence-corrected chi connectivity index (χ2v) is 12.3. The molecular weight excluding hydrogens is 452 g/mol. The van der Waals surface area contributed by atoms with Crippen LogP contribution in [0.4, 0.5) is 0 Å². The van der Waals surface area contributed by atoms with Crippen molar-refractivity contribution < 1.29 is 20.5 Å². The van der Waals surface area contributed by atoms with E-state index < -0.39 is 6.04 Å². The van der Waals surface area contributed by atoms with Crippen LogP contribution >= 0.6 is 0 Å². The third kappa shape index (κ3) is 5.25. The summed E-state index contributed by atoms with van der Waals surface area (Å²) in [6, 6.07) is 7.44. The second kappa shape index (κ2) is 10.6. The highest BCUT2D eigenvalue weighted by Crippen LogP contribution is 2.51. The van der Waals surface area contributed by atoms with Crippen LogP contribution in [0.2, 0.25) is 0 Å². The van der Waals surface area contributed by atoms with Gasteiger partial charge >= 0.3 is 0 Å². The van der Waals surface area contributed by atoms with Crippen molar-refractivity contribution in [3.8, 4) is 0 Å². The van der Waals surface area contributed by atoms with Crippen LogP contribution in [0.5, 0.6) is 0 Å². The Bertz CT molecular complexity index is 978. The van der Waals surface area contributed by atoms with Crippen molar-refractivity contribution in [1.82, 2.24) is 10.2 Å². The lowest BCUT2D eigenvalue weighted by molar-refractivity contribution is -0.189. The number of carbonyl (C=O) groups excluding carboxylic acids is 3. The lowest BCUT2D eigenvalue weighted by Gasteiger charge is -2.53. The number of likely N-dealkylation sites (tertiary alicyclic amines) is 1. The summed E-state index contributed by atoms with van der Waals surface area (Å²) in [5.74, 6) is 0.802. The van der Waals surface area contributed by atoms with Crippen molar-refractivity contribution in [3.05, 3.63) is 35.4 Å². The third-order valence-electron chi connectivity index (χ3n) is 9.16. The second-order valence-electron chi connectivity index (χ2n) is 12.3. The fourth-order valence-corrected chi connectivity index (χ4v) is 6.90. The van der Waals surface area contributed by atoms with Gasteiger partial charge in [-0.2, -0.15) is 0 Å². The first-order valence-corrected chi connectivity index (χ1v) is 14.2. The van der Waals surface area contributed by atoms with Gasteiger partial charge in [-0.1, -0.05) is 45.2 Å². The van der Waals surface area contributed by atoms with Gasteiger partial charge < -0.3 is 15.0 Å². The first kappa shape index (κ1) is 25.4. The summed E-state index contributed by atoms with van der Waals surface area (Å²) in [5.41, 5.74) is 2.02. The molecule has 2 aliphatic heterocycles. The Hall–Kier alpha value is -2.21. The number of piperidine rings is 1. The molecule has 2 aliphatic carbocycles. The van der Waals surface area contributed by atoms with E-state index in [1.54, 1.807) is 0 Å². The average molecular weight is 497 g/mol. The molecular formula is C30H44N2O4. The van der Waals surface area contributed by atoms with Crippen LogP contribution in [0.1, 0.15) is 94.9 Å². The van der Waals surface area contributed by atoms with Gasteiger partial charge in [0.1, 0.15) is 0 Å². The van der Waals surface area contributed by atoms with Crippen molar-refractivity contribution in [1.29, 1.82) is 0 Å². The molecule has 36 heavy (non-hydrogen) atoms. The van der Waals surface area contributed by atoms with Gasteiger partial charge in [-0.25, -0.2) is 0 Å². The lowest BCUT2D eigenvalue weighted by Crippen LogP contribution is -2.57. The predicted molar refractivity (Wildman–Crippen MR) is 141 cm³/mol. The molecule has 0 radical (unpaired) electrons. The lowest BCUT2D eigenvalue weighted by atomic mass is 9.60. The van der Waals surface area contributed by atoms with Crippen LogP contribution in [0.25, 0.3) is 0 Å². The Morgan fingerprint density at radius 1 is 1.06 bits per heavy atom. The van der Waals surface area contributed by atoms with E-state index in [1.165, 1.54) is 6.42 Å². The van der Waals surface area contributed by atoms with Crippen molar-refractivity contribution >= 4 is 17.6 Å². The zero-order chi connectivity index (χ0) is 25.3. The Morgan fingerprint density at radius 3 is 2.47 bits per heavy atom. The molecule has 2 saturated heterocycles. The highest BCUT2D eigenvalue weighted by molar-refractivity contribution is 5.98. The van der Waals surface area contributed by atoms with Crippen LogP contribution in [0.15, 0.2) is 24.3 Å². The minimum atomic E-state index is -0.406. The van der Waals surface area contributed by atoms with Gasteiger partial charge in [0.05, 0.1) is 19.3 Å². The fraction of sp³-hybridized carbons (Fsp3) is 0.700. The molecule has 2 heterocycles. The molecule has 6 heteroatoms.